The Hall–Kier alpha value is -1.69. The summed E-state index contributed by atoms with van der Waals surface area (Å²) in [4.78, 5) is 23.1. The first kappa shape index (κ1) is 15.7. The zero-order valence-corrected chi connectivity index (χ0v) is 13.0. The van der Waals surface area contributed by atoms with E-state index in [4.69, 9.17) is 0 Å². The number of aliphatic hydroxyl groups excluding tert-OH is 1. The van der Waals surface area contributed by atoms with Gasteiger partial charge in [0.15, 0.2) is 5.69 Å². The van der Waals surface area contributed by atoms with Crippen molar-refractivity contribution in [2.75, 3.05) is 25.0 Å². The van der Waals surface area contributed by atoms with Gasteiger partial charge in [-0.2, -0.15) is 0 Å². The third kappa shape index (κ3) is 3.69. The predicted octanol–water partition coefficient (Wildman–Crippen LogP) is 1.63. The second-order valence-electron chi connectivity index (χ2n) is 5.77. The van der Waals surface area contributed by atoms with Gasteiger partial charge in [0.2, 0.25) is 0 Å². The van der Waals surface area contributed by atoms with E-state index in [-0.39, 0.29) is 11.8 Å². The zero-order chi connectivity index (χ0) is 15.4. The van der Waals surface area contributed by atoms with Crippen LogP contribution in [-0.4, -0.2) is 51.6 Å². The number of amides is 1. The molecule has 1 aliphatic heterocycles. The molecular formula is C15H24N4O2. The molecule has 1 unspecified atom stereocenters. The van der Waals surface area contributed by atoms with E-state index in [9.17, 15) is 9.90 Å². The number of hydrogen-bond acceptors (Lipinski definition) is 5. The lowest BCUT2D eigenvalue weighted by molar-refractivity contribution is 0.0759. The van der Waals surface area contributed by atoms with Gasteiger partial charge < -0.3 is 15.3 Å². The Bertz CT molecular complexity index is 504. The topological polar surface area (TPSA) is 78.4 Å². The maximum atomic E-state index is 12.6. The van der Waals surface area contributed by atoms with Gasteiger partial charge in [-0.25, -0.2) is 9.97 Å². The van der Waals surface area contributed by atoms with Gasteiger partial charge in [-0.3, -0.25) is 4.79 Å². The molecule has 0 saturated carbocycles. The Kier molecular flexibility index (Phi) is 5.12. The summed E-state index contributed by atoms with van der Waals surface area (Å²) in [6.07, 6.45) is 2.86. The summed E-state index contributed by atoms with van der Waals surface area (Å²) in [6, 6.07) is 0. The molecule has 0 bridgehead atoms. The molecule has 1 aromatic rings. The van der Waals surface area contributed by atoms with Crippen molar-refractivity contribution >= 4 is 11.6 Å². The van der Waals surface area contributed by atoms with Crippen molar-refractivity contribution in [2.45, 2.75) is 45.6 Å². The number of nitrogens with zero attached hydrogens (tertiary/aromatic N) is 3. The number of aromatic nitrogens is 2. The first-order valence-corrected chi connectivity index (χ1v) is 7.61. The maximum Gasteiger partial charge on any atom is 0.274 e. The van der Waals surface area contributed by atoms with Crippen LogP contribution in [-0.2, 0) is 0 Å². The molecule has 1 aromatic heterocycles. The third-order valence-corrected chi connectivity index (χ3v) is 3.54. The van der Waals surface area contributed by atoms with Crippen LogP contribution in [0.3, 0.4) is 0 Å². The van der Waals surface area contributed by atoms with E-state index >= 15 is 0 Å². The fraction of sp³-hybridized carbons (Fsp3) is 0.667. The normalized spacial score (nSPS) is 18.3. The number of carbonyl (C=O) groups is 1. The Balaban J connectivity index is 2.28. The highest BCUT2D eigenvalue weighted by molar-refractivity contribution is 5.97. The van der Waals surface area contributed by atoms with Crippen LogP contribution in [0.1, 0.15) is 55.8 Å². The molecular weight excluding hydrogens is 268 g/mol. The summed E-state index contributed by atoms with van der Waals surface area (Å²) >= 11 is 0. The molecule has 2 N–H and O–H groups in total. The molecule has 0 aliphatic carbocycles. The Morgan fingerprint density at radius 3 is 2.90 bits per heavy atom. The van der Waals surface area contributed by atoms with E-state index in [2.05, 4.69) is 22.2 Å². The standard InChI is InChI=1S/C15H24N4O2/c1-4-6-16-12-8-17-14(10(2)3)18-13(12)15(21)19-7-5-11(20)9-19/h8,10-11,16,20H,4-7,9H2,1-3H3. The van der Waals surface area contributed by atoms with Crippen molar-refractivity contribution in [1.29, 1.82) is 0 Å². The molecule has 0 radical (unpaired) electrons. The van der Waals surface area contributed by atoms with Gasteiger partial charge in [0.25, 0.3) is 5.91 Å². The molecule has 1 aliphatic rings. The van der Waals surface area contributed by atoms with E-state index in [1.165, 1.54) is 0 Å². The van der Waals surface area contributed by atoms with E-state index in [1.807, 2.05) is 13.8 Å². The highest BCUT2D eigenvalue weighted by Crippen LogP contribution is 2.20. The molecule has 116 valence electrons. The van der Waals surface area contributed by atoms with Gasteiger partial charge in [0.05, 0.1) is 18.0 Å². The predicted molar refractivity (Wildman–Crippen MR) is 81.4 cm³/mol. The second kappa shape index (κ2) is 6.85. The van der Waals surface area contributed by atoms with Crippen molar-refractivity contribution in [3.05, 3.63) is 17.7 Å². The van der Waals surface area contributed by atoms with Gasteiger partial charge in [0.1, 0.15) is 5.82 Å². The first-order chi connectivity index (χ1) is 10.0. The minimum atomic E-state index is -0.424. The lowest BCUT2D eigenvalue weighted by atomic mass is 10.2. The van der Waals surface area contributed by atoms with Crippen LogP contribution < -0.4 is 5.32 Å². The average molecular weight is 292 g/mol. The summed E-state index contributed by atoms with van der Waals surface area (Å²) in [6.45, 7) is 7.80. The first-order valence-electron chi connectivity index (χ1n) is 7.61. The van der Waals surface area contributed by atoms with Crippen molar-refractivity contribution < 1.29 is 9.90 Å². The molecule has 6 nitrogen and oxygen atoms in total. The number of nitrogens with one attached hydrogen (secondary N) is 1. The van der Waals surface area contributed by atoms with Crippen molar-refractivity contribution in [3.8, 4) is 0 Å². The SMILES string of the molecule is CCCNc1cnc(C(C)C)nc1C(=O)N1CCC(O)C1. The lowest BCUT2D eigenvalue weighted by Crippen LogP contribution is -2.31. The van der Waals surface area contributed by atoms with Gasteiger partial charge in [-0.15, -0.1) is 0 Å². The Morgan fingerprint density at radius 1 is 1.57 bits per heavy atom. The van der Waals surface area contributed by atoms with Crippen molar-refractivity contribution in [1.82, 2.24) is 14.9 Å². The molecule has 21 heavy (non-hydrogen) atoms. The van der Waals surface area contributed by atoms with Crippen LogP contribution in [0.15, 0.2) is 6.20 Å². The molecule has 0 aromatic carbocycles. The Morgan fingerprint density at radius 2 is 2.33 bits per heavy atom. The summed E-state index contributed by atoms with van der Waals surface area (Å²) in [5.41, 5.74) is 1.09. The third-order valence-electron chi connectivity index (χ3n) is 3.54. The van der Waals surface area contributed by atoms with E-state index in [0.717, 1.165) is 13.0 Å². The second-order valence-corrected chi connectivity index (χ2v) is 5.77. The molecule has 1 saturated heterocycles. The van der Waals surface area contributed by atoms with Crippen LogP contribution in [0.25, 0.3) is 0 Å². The fourth-order valence-corrected chi connectivity index (χ4v) is 2.30. The van der Waals surface area contributed by atoms with Crippen LogP contribution in [0.4, 0.5) is 5.69 Å². The number of β-amino-alcohol motifs (C(OH)–C–C–N with tert-alkyl or cyclic N) is 1. The minimum absolute atomic E-state index is 0.130. The summed E-state index contributed by atoms with van der Waals surface area (Å²) in [7, 11) is 0. The molecule has 2 rings (SSSR count). The van der Waals surface area contributed by atoms with E-state index in [1.54, 1.807) is 11.1 Å². The number of anilines is 1. The molecule has 1 fully saturated rings. The number of aliphatic hydroxyl groups is 1. The number of hydrogen-bond donors (Lipinski definition) is 2. The highest BCUT2D eigenvalue weighted by Gasteiger charge is 2.28. The van der Waals surface area contributed by atoms with Crippen LogP contribution >= 0.6 is 0 Å². The van der Waals surface area contributed by atoms with Gasteiger partial charge in [-0.1, -0.05) is 20.8 Å². The fourth-order valence-electron chi connectivity index (χ4n) is 2.30. The molecule has 6 heteroatoms. The summed E-state index contributed by atoms with van der Waals surface area (Å²) in [5.74, 6) is 0.704. The summed E-state index contributed by atoms with van der Waals surface area (Å²) in [5, 5.41) is 12.8. The van der Waals surface area contributed by atoms with E-state index in [0.29, 0.717) is 36.7 Å². The van der Waals surface area contributed by atoms with Crippen molar-refractivity contribution in [3.63, 3.8) is 0 Å². The molecule has 1 atom stereocenters. The molecule has 2 heterocycles. The molecule has 0 spiro atoms. The smallest absolute Gasteiger partial charge is 0.274 e. The summed E-state index contributed by atoms with van der Waals surface area (Å²) < 4.78 is 0. The van der Waals surface area contributed by atoms with Crippen LogP contribution in [0.5, 0.6) is 0 Å². The van der Waals surface area contributed by atoms with Crippen molar-refractivity contribution in [2.24, 2.45) is 0 Å². The quantitative estimate of drug-likeness (QED) is 0.862. The van der Waals surface area contributed by atoms with Gasteiger partial charge in [-0.05, 0) is 12.8 Å². The van der Waals surface area contributed by atoms with Gasteiger partial charge in [0, 0.05) is 25.6 Å². The monoisotopic (exact) mass is 292 g/mol. The molecule has 1 amide bonds. The highest BCUT2D eigenvalue weighted by atomic mass is 16.3. The number of carbonyl (C=O) groups excluding carboxylic acids is 1. The van der Waals surface area contributed by atoms with Gasteiger partial charge >= 0.3 is 0 Å². The maximum absolute atomic E-state index is 12.6. The van der Waals surface area contributed by atoms with Crippen LogP contribution in [0.2, 0.25) is 0 Å². The lowest BCUT2D eigenvalue weighted by Gasteiger charge is -2.18. The Labute approximate surface area is 125 Å². The van der Waals surface area contributed by atoms with E-state index < -0.39 is 6.10 Å². The van der Waals surface area contributed by atoms with Crippen LogP contribution in [0, 0.1) is 0 Å². The number of likely N-dealkylation sites (tertiary alicyclic amines) is 1. The minimum Gasteiger partial charge on any atom is -0.391 e. The average Bonchev–Trinajstić information content (AvgIpc) is 2.90. The largest absolute Gasteiger partial charge is 0.391 e. The number of rotatable bonds is 5. The zero-order valence-electron chi connectivity index (χ0n) is 13.0.